The molecule has 0 saturated carbocycles. The van der Waals surface area contributed by atoms with Crippen LogP contribution in [0.4, 0.5) is 4.79 Å². The zero-order chi connectivity index (χ0) is 17.4. The topological polar surface area (TPSA) is 85.3 Å². The molecule has 0 saturated heterocycles. The molecule has 0 aliphatic carbocycles. The van der Waals surface area contributed by atoms with Gasteiger partial charge in [-0.1, -0.05) is 0 Å². The maximum Gasteiger partial charge on any atom is 0.410 e. The van der Waals surface area contributed by atoms with Crippen LogP contribution in [0.2, 0.25) is 0 Å². The van der Waals surface area contributed by atoms with Crippen LogP contribution < -0.4 is 0 Å². The molecular weight excluding hydrogens is 288 g/mol. The summed E-state index contributed by atoms with van der Waals surface area (Å²) >= 11 is 0. The highest BCUT2D eigenvalue weighted by Gasteiger charge is 2.23. The molecule has 0 heterocycles. The lowest BCUT2D eigenvalue weighted by atomic mass is 10.2. The lowest BCUT2D eigenvalue weighted by molar-refractivity contribution is -0.155. The smallest absolute Gasteiger partial charge is 0.410 e. The Bertz CT molecular complexity index is 428. The first-order valence-electron chi connectivity index (χ1n) is 7.18. The Morgan fingerprint density at radius 3 is 2.00 bits per heavy atom. The number of rotatable bonds is 6. The van der Waals surface area contributed by atoms with E-state index in [1.165, 1.54) is 11.0 Å². The average Bonchev–Trinajstić information content (AvgIpc) is 2.28. The van der Waals surface area contributed by atoms with Crippen molar-refractivity contribution in [3.63, 3.8) is 0 Å². The van der Waals surface area contributed by atoms with Gasteiger partial charge in [-0.25, -0.2) is 14.6 Å². The van der Waals surface area contributed by atoms with Gasteiger partial charge in [0.15, 0.2) is 0 Å². The SMILES string of the molecule is CC(C)(C)OC(=O)CCN(CCN=C=O)C(=O)OC(C)(C)C. The van der Waals surface area contributed by atoms with Crippen LogP contribution in [-0.4, -0.2) is 53.9 Å². The number of amides is 1. The van der Waals surface area contributed by atoms with E-state index in [4.69, 9.17) is 9.47 Å². The molecule has 0 unspecified atom stereocenters. The van der Waals surface area contributed by atoms with Crippen molar-refractivity contribution >= 4 is 18.1 Å². The maximum absolute atomic E-state index is 12.1. The fourth-order valence-electron chi connectivity index (χ4n) is 1.46. The molecule has 1 amide bonds. The van der Waals surface area contributed by atoms with Crippen molar-refractivity contribution in [3.8, 4) is 0 Å². The van der Waals surface area contributed by atoms with E-state index >= 15 is 0 Å². The van der Waals surface area contributed by atoms with Crippen LogP contribution in [0.3, 0.4) is 0 Å². The summed E-state index contributed by atoms with van der Waals surface area (Å²) in [6, 6.07) is 0. The number of carbonyl (C=O) groups is 2. The van der Waals surface area contributed by atoms with Crippen LogP contribution in [0.1, 0.15) is 48.0 Å². The molecule has 0 fully saturated rings. The summed E-state index contributed by atoms with van der Waals surface area (Å²) in [5, 5.41) is 0. The number of nitrogens with zero attached hydrogens (tertiary/aromatic N) is 2. The van der Waals surface area contributed by atoms with Gasteiger partial charge in [0.05, 0.1) is 13.0 Å². The molecule has 0 aromatic carbocycles. The molecule has 0 N–H and O–H groups in total. The lowest BCUT2D eigenvalue weighted by Crippen LogP contribution is -2.40. The summed E-state index contributed by atoms with van der Waals surface area (Å²) < 4.78 is 10.4. The van der Waals surface area contributed by atoms with Gasteiger partial charge in [0.1, 0.15) is 11.2 Å². The molecule has 0 aliphatic heterocycles. The number of hydrogen-bond donors (Lipinski definition) is 0. The van der Waals surface area contributed by atoms with E-state index in [2.05, 4.69) is 4.99 Å². The monoisotopic (exact) mass is 314 g/mol. The number of hydrogen-bond acceptors (Lipinski definition) is 6. The molecule has 0 aromatic heterocycles. The molecule has 0 aromatic rings. The second kappa shape index (κ2) is 8.54. The minimum absolute atomic E-state index is 0.0430. The quantitative estimate of drug-likeness (QED) is 0.426. The highest BCUT2D eigenvalue weighted by molar-refractivity contribution is 5.72. The molecule has 0 radical (unpaired) electrons. The molecule has 22 heavy (non-hydrogen) atoms. The Labute approximate surface area is 131 Å². The lowest BCUT2D eigenvalue weighted by Gasteiger charge is -2.27. The van der Waals surface area contributed by atoms with Gasteiger partial charge in [0.25, 0.3) is 0 Å². The van der Waals surface area contributed by atoms with Gasteiger partial charge in [0.2, 0.25) is 6.08 Å². The number of esters is 1. The normalized spacial score (nSPS) is 11.4. The van der Waals surface area contributed by atoms with Gasteiger partial charge in [-0.2, -0.15) is 0 Å². The molecule has 0 atom stereocenters. The second-order valence-electron chi connectivity index (χ2n) is 6.78. The van der Waals surface area contributed by atoms with E-state index in [-0.39, 0.29) is 26.1 Å². The Morgan fingerprint density at radius 1 is 1.00 bits per heavy atom. The predicted molar refractivity (Wildman–Crippen MR) is 81.3 cm³/mol. The van der Waals surface area contributed by atoms with Crippen LogP contribution in [-0.2, 0) is 19.1 Å². The number of carbonyl (C=O) groups excluding carboxylic acids is 3. The van der Waals surface area contributed by atoms with E-state index in [1.54, 1.807) is 41.5 Å². The Kier molecular flexibility index (Phi) is 7.81. The first-order valence-corrected chi connectivity index (χ1v) is 7.18. The van der Waals surface area contributed by atoms with Gasteiger partial charge in [-0.05, 0) is 41.5 Å². The van der Waals surface area contributed by atoms with E-state index in [1.807, 2.05) is 0 Å². The fraction of sp³-hybridized carbons (Fsp3) is 0.800. The van der Waals surface area contributed by atoms with Gasteiger partial charge >= 0.3 is 12.1 Å². The third-order valence-electron chi connectivity index (χ3n) is 2.20. The summed E-state index contributed by atoms with van der Waals surface area (Å²) in [4.78, 5) is 38.6. The van der Waals surface area contributed by atoms with Gasteiger partial charge in [-0.3, -0.25) is 4.79 Å². The van der Waals surface area contributed by atoms with E-state index in [0.29, 0.717) is 0 Å². The summed E-state index contributed by atoms with van der Waals surface area (Å²) in [6.45, 7) is 11.0. The summed E-state index contributed by atoms with van der Waals surface area (Å²) in [5.74, 6) is -0.403. The number of ether oxygens (including phenoxy) is 2. The van der Waals surface area contributed by atoms with Crippen LogP contribution in [0.5, 0.6) is 0 Å². The molecule has 7 nitrogen and oxygen atoms in total. The molecule has 0 rings (SSSR count). The Hall–Kier alpha value is -1.88. The molecule has 126 valence electrons. The summed E-state index contributed by atoms with van der Waals surface area (Å²) in [5.41, 5.74) is -1.22. The van der Waals surface area contributed by atoms with Crippen molar-refractivity contribution in [1.29, 1.82) is 0 Å². The Balaban J connectivity index is 4.62. The Morgan fingerprint density at radius 2 is 1.55 bits per heavy atom. The van der Waals surface area contributed by atoms with E-state index in [0.717, 1.165) is 0 Å². The van der Waals surface area contributed by atoms with E-state index < -0.39 is 23.3 Å². The van der Waals surface area contributed by atoms with Crippen LogP contribution in [0, 0.1) is 0 Å². The first-order chi connectivity index (χ1) is 9.94. The van der Waals surface area contributed by atoms with Crippen LogP contribution in [0.15, 0.2) is 4.99 Å². The van der Waals surface area contributed by atoms with Crippen molar-refractivity contribution in [3.05, 3.63) is 0 Å². The van der Waals surface area contributed by atoms with E-state index in [9.17, 15) is 14.4 Å². The van der Waals surface area contributed by atoms with Gasteiger partial charge < -0.3 is 14.4 Å². The number of isocyanates is 1. The molecule has 0 aliphatic rings. The average molecular weight is 314 g/mol. The largest absolute Gasteiger partial charge is 0.460 e. The maximum atomic E-state index is 12.1. The van der Waals surface area contributed by atoms with Crippen molar-refractivity contribution in [2.24, 2.45) is 4.99 Å². The standard InChI is InChI=1S/C15H26N2O5/c1-14(2,3)21-12(19)7-9-17(10-8-16-11-18)13(20)22-15(4,5)6/h7-10H2,1-6H3. The molecular formula is C15H26N2O5. The first kappa shape index (κ1) is 20.1. The fourth-order valence-corrected chi connectivity index (χ4v) is 1.46. The zero-order valence-electron chi connectivity index (χ0n) is 14.3. The van der Waals surface area contributed by atoms with Crippen molar-refractivity contribution in [1.82, 2.24) is 4.90 Å². The molecule has 0 spiro atoms. The molecule has 7 heteroatoms. The highest BCUT2D eigenvalue weighted by atomic mass is 16.6. The van der Waals surface area contributed by atoms with Crippen LogP contribution >= 0.6 is 0 Å². The zero-order valence-corrected chi connectivity index (χ0v) is 14.3. The minimum Gasteiger partial charge on any atom is -0.460 e. The van der Waals surface area contributed by atoms with Gasteiger partial charge in [0, 0.05) is 13.1 Å². The third kappa shape index (κ3) is 10.9. The molecule has 0 bridgehead atoms. The highest BCUT2D eigenvalue weighted by Crippen LogP contribution is 2.12. The van der Waals surface area contributed by atoms with Crippen LogP contribution in [0.25, 0.3) is 0 Å². The van der Waals surface area contributed by atoms with Crippen molar-refractivity contribution in [2.45, 2.75) is 59.2 Å². The summed E-state index contributed by atoms with van der Waals surface area (Å²) in [6.07, 6.45) is 0.896. The third-order valence-corrected chi connectivity index (χ3v) is 2.20. The van der Waals surface area contributed by atoms with Gasteiger partial charge in [-0.15, -0.1) is 0 Å². The van der Waals surface area contributed by atoms with Crippen molar-refractivity contribution < 1.29 is 23.9 Å². The number of aliphatic imine (C=N–C) groups is 1. The second-order valence-corrected chi connectivity index (χ2v) is 6.78. The summed E-state index contributed by atoms with van der Waals surface area (Å²) in [7, 11) is 0. The van der Waals surface area contributed by atoms with Crippen molar-refractivity contribution in [2.75, 3.05) is 19.6 Å². The minimum atomic E-state index is -0.644. The predicted octanol–water partition coefficient (Wildman–Crippen LogP) is 2.29.